The van der Waals surface area contributed by atoms with Gasteiger partial charge in [0.15, 0.2) is 5.54 Å². The number of nitrogens with one attached hydrogen (secondary N) is 1. The topological polar surface area (TPSA) is 17.9 Å². The number of fused-ring (bicyclic) bond motifs is 2. The number of hydrogen-bond acceptors (Lipinski definition) is 2. The Morgan fingerprint density at radius 3 is 2.50 bits per heavy atom. The first-order valence-electron chi connectivity index (χ1n) is 4.12. The Morgan fingerprint density at radius 2 is 2.20 bits per heavy atom. The van der Waals surface area contributed by atoms with Gasteiger partial charge in [0.2, 0.25) is 0 Å². The third-order valence-corrected chi connectivity index (χ3v) is 3.16. The van der Waals surface area contributed by atoms with Crippen LogP contribution in [0.3, 0.4) is 0 Å². The summed E-state index contributed by atoms with van der Waals surface area (Å²) < 4.78 is 0. The molecule has 10 heavy (non-hydrogen) atoms. The van der Waals surface area contributed by atoms with Gasteiger partial charge in [-0.05, 0) is 20.8 Å². The van der Waals surface area contributed by atoms with E-state index in [4.69, 9.17) is 0 Å². The van der Waals surface area contributed by atoms with E-state index in [2.05, 4.69) is 31.0 Å². The fourth-order valence-electron chi connectivity index (χ4n) is 2.23. The Bertz CT molecular complexity index is 151. The predicted molar refractivity (Wildman–Crippen MR) is 42.3 cm³/mol. The summed E-state index contributed by atoms with van der Waals surface area (Å²) in [7, 11) is 0. The molecule has 3 aliphatic rings. The first kappa shape index (κ1) is 6.62. The lowest BCUT2D eigenvalue weighted by Crippen LogP contribution is -2.83. The molecule has 57 valence electrons. The van der Waals surface area contributed by atoms with Crippen LogP contribution in [0.4, 0.5) is 0 Å². The van der Waals surface area contributed by atoms with Crippen LogP contribution in [-0.2, 0) is 0 Å². The largest absolute Gasteiger partial charge is 0.298 e. The lowest BCUT2D eigenvalue weighted by molar-refractivity contribution is -0.00779. The van der Waals surface area contributed by atoms with E-state index in [-0.39, 0.29) is 0 Å². The molecule has 3 saturated heterocycles. The highest BCUT2D eigenvalue weighted by Crippen LogP contribution is 2.32. The highest BCUT2D eigenvalue weighted by molar-refractivity contribution is 5.14. The molecule has 3 aliphatic heterocycles. The summed E-state index contributed by atoms with van der Waals surface area (Å²) in [5, 5.41) is 3.55. The van der Waals surface area contributed by atoms with Crippen molar-refractivity contribution in [1.29, 1.82) is 0 Å². The van der Waals surface area contributed by atoms with Crippen molar-refractivity contribution in [2.24, 2.45) is 0 Å². The van der Waals surface area contributed by atoms with Gasteiger partial charge in [0.25, 0.3) is 0 Å². The van der Waals surface area contributed by atoms with E-state index in [9.17, 15) is 0 Å². The van der Waals surface area contributed by atoms with Crippen molar-refractivity contribution < 1.29 is 0 Å². The first-order chi connectivity index (χ1) is 4.62. The molecule has 3 rings (SSSR count). The van der Waals surface area contributed by atoms with Gasteiger partial charge in [0.05, 0.1) is 6.54 Å². The Balaban J connectivity index is 2.16. The quantitative estimate of drug-likeness (QED) is 0.478. The third-order valence-electron chi connectivity index (χ3n) is 3.16. The zero-order valence-electron chi connectivity index (χ0n) is 7.02. The van der Waals surface area contributed by atoms with Gasteiger partial charge in [-0.25, -0.2) is 0 Å². The molecule has 0 aromatic carbocycles. The van der Waals surface area contributed by atoms with Crippen LogP contribution in [0.25, 0.3) is 0 Å². The van der Waals surface area contributed by atoms with Crippen LogP contribution in [0.15, 0.2) is 0 Å². The minimum Gasteiger partial charge on any atom is -0.298 e. The number of hydrogen-bond donors (Lipinski definition) is 1. The second kappa shape index (κ2) is 1.74. The summed E-state index contributed by atoms with van der Waals surface area (Å²) in [5.74, 6) is 0. The molecule has 0 amide bonds. The molecule has 0 aliphatic carbocycles. The molecule has 1 N–H and O–H groups in total. The number of nitrogens with zero attached hydrogens (tertiary/aromatic N) is 1. The number of rotatable bonds is 0. The van der Waals surface area contributed by atoms with E-state index in [1.54, 1.807) is 0 Å². The fourth-order valence-corrected chi connectivity index (χ4v) is 2.23. The molecule has 0 spiro atoms. The molecule has 0 aromatic heterocycles. The molecule has 3 atom stereocenters. The summed E-state index contributed by atoms with van der Waals surface area (Å²) >= 11 is 0. The zero-order valence-corrected chi connectivity index (χ0v) is 7.02. The highest BCUT2D eigenvalue weighted by atomic mass is 15.4. The van der Waals surface area contributed by atoms with Crippen molar-refractivity contribution in [2.45, 2.75) is 38.4 Å². The van der Waals surface area contributed by atoms with Crippen LogP contribution in [0.5, 0.6) is 0 Å². The van der Waals surface area contributed by atoms with Crippen LogP contribution in [0.2, 0.25) is 0 Å². The molecule has 3 heterocycles. The Hall–Kier alpha value is -0.0800. The summed E-state index contributed by atoms with van der Waals surface area (Å²) in [6, 6.07) is 1.49. The highest BCUT2D eigenvalue weighted by Gasteiger charge is 2.61. The Kier molecular flexibility index (Phi) is 1.15. The van der Waals surface area contributed by atoms with Crippen molar-refractivity contribution in [2.75, 3.05) is 13.1 Å². The van der Waals surface area contributed by atoms with E-state index in [0.717, 1.165) is 12.1 Å². The van der Waals surface area contributed by atoms with Crippen molar-refractivity contribution in [1.82, 2.24) is 10.2 Å². The molecule has 2 bridgehead atoms. The Morgan fingerprint density at radius 1 is 1.50 bits per heavy atom. The van der Waals surface area contributed by atoms with Crippen LogP contribution in [0, 0.1) is 0 Å². The van der Waals surface area contributed by atoms with Gasteiger partial charge in [-0.15, -0.1) is 0 Å². The van der Waals surface area contributed by atoms with Crippen molar-refractivity contribution >= 4 is 0 Å². The minimum atomic E-state index is 0.428. The standard InChI is InChI=1S/C8H16N2/c1-6-4-9-7-5-10(6)8(7,2)3/h6-7,9H,4-5H2,1-3H3/q+1. The van der Waals surface area contributed by atoms with E-state index >= 15 is 0 Å². The molecule has 0 aromatic rings. The SMILES string of the molecule is CC1CNC2C[N+]1C2(C)C. The van der Waals surface area contributed by atoms with E-state index in [1.165, 1.54) is 13.1 Å². The third kappa shape index (κ3) is 0.611. The second-order valence-corrected chi connectivity index (χ2v) is 4.12. The normalized spacial score (nSPS) is 50.1. The monoisotopic (exact) mass is 140 g/mol. The average Bonchev–Trinajstić information content (AvgIpc) is 1.87. The van der Waals surface area contributed by atoms with Gasteiger partial charge in [-0.2, -0.15) is 4.90 Å². The van der Waals surface area contributed by atoms with Gasteiger partial charge in [-0.1, -0.05) is 0 Å². The number of piperazine rings is 2. The van der Waals surface area contributed by atoms with Gasteiger partial charge >= 0.3 is 0 Å². The van der Waals surface area contributed by atoms with Crippen LogP contribution in [-0.4, -0.2) is 30.7 Å². The van der Waals surface area contributed by atoms with E-state index in [1.807, 2.05) is 0 Å². The predicted octanol–water partition coefficient (Wildman–Crippen LogP) is 0.279. The van der Waals surface area contributed by atoms with Crippen LogP contribution in [0.1, 0.15) is 20.8 Å². The van der Waals surface area contributed by atoms with Gasteiger partial charge in [-0.3, -0.25) is 5.32 Å². The molecule has 2 heteroatoms. The van der Waals surface area contributed by atoms with Crippen molar-refractivity contribution in [3.63, 3.8) is 0 Å². The van der Waals surface area contributed by atoms with Crippen molar-refractivity contribution in [3.8, 4) is 0 Å². The van der Waals surface area contributed by atoms with Gasteiger partial charge in [0, 0.05) is 0 Å². The van der Waals surface area contributed by atoms with Crippen molar-refractivity contribution in [3.05, 3.63) is 0 Å². The summed E-state index contributed by atoms with van der Waals surface area (Å²) in [6.45, 7) is 9.38. The summed E-state index contributed by atoms with van der Waals surface area (Å²) in [5.41, 5.74) is 0.428. The summed E-state index contributed by atoms with van der Waals surface area (Å²) in [6.07, 6.45) is 0. The first-order valence-corrected chi connectivity index (χ1v) is 4.12. The zero-order chi connectivity index (χ0) is 7.35. The molecule has 3 fully saturated rings. The second-order valence-electron chi connectivity index (χ2n) is 4.12. The molecular weight excluding hydrogens is 124 g/mol. The lowest BCUT2D eigenvalue weighted by Gasteiger charge is -2.52. The van der Waals surface area contributed by atoms with Crippen LogP contribution < -0.4 is 10.2 Å². The van der Waals surface area contributed by atoms with E-state index < -0.39 is 0 Å². The maximum Gasteiger partial charge on any atom is 0.158 e. The van der Waals surface area contributed by atoms with Crippen LogP contribution >= 0.6 is 0 Å². The maximum absolute atomic E-state index is 3.55. The minimum absolute atomic E-state index is 0.428. The van der Waals surface area contributed by atoms with Gasteiger partial charge < -0.3 is 0 Å². The average molecular weight is 140 g/mol. The lowest BCUT2D eigenvalue weighted by atomic mass is 9.79. The molecule has 1 radical (unpaired) electrons. The maximum atomic E-state index is 3.55. The van der Waals surface area contributed by atoms with Gasteiger partial charge in [0.1, 0.15) is 18.6 Å². The Labute approximate surface area is 62.6 Å². The van der Waals surface area contributed by atoms with E-state index in [0.29, 0.717) is 5.54 Å². The fraction of sp³-hybridized carbons (Fsp3) is 1.00. The molecule has 0 saturated carbocycles. The molecule has 3 unspecified atom stereocenters. The summed E-state index contributed by atoms with van der Waals surface area (Å²) in [4.78, 5) is 2.58. The smallest absolute Gasteiger partial charge is 0.158 e. The molecule has 2 nitrogen and oxygen atoms in total. The molecular formula is C8H16N2+.